The molecule has 1 rings (SSSR count). The number of nitrogens with zero attached hydrogens (tertiary/aromatic N) is 1. The van der Waals surface area contributed by atoms with E-state index in [9.17, 15) is 0 Å². The molecule has 0 aliphatic carbocycles. The van der Waals surface area contributed by atoms with Crippen molar-refractivity contribution in [2.75, 3.05) is 5.73 Å². The van der Waals surface area contributed by atoms with E-state index in [1.165, 1.54) is 11.3 Å². The second-order valence-electron chi connectivity index (χ2n) is 1.65. The first-order chi connectivity index (χ1) is 4.24. The molecule has 1 aromatic heterocycles. The fourth-order valence-electron chi connectivity index (χ4n) is 0.608. The van der Waals surface area contributed by atoms with E-state index in [-0.39, 0.29) is 0 Å². The number of nitrogen functional groups attached to an aromatic ring is 1. The van der Waals surface area contributed by atoms with Crippen LogP contribution in [0, 0.1) is 0 Å². The van der Waals surface area contributed by atoms with Crippen molar-refractivity contribution >= 4 is 29.1 Å². The Balaban J connectivity index is 3.52. The highest BCUT2D eigenvalue weighted by molar-refractivity contribution is 7.13. The van der Waals surface area contributed by atoms with E-state index >= 15 is 0 Å². The Morgan fingerprint density at radius 2 is 2.44 bits per heavy atom. The van der Waals surface area contributed by atoms with Crippen molar-refractivity contribution in [3.63, 3.8) is 0 Å². The Morgan fingerprint density at radius 3 is 2.67 bits per heavy atom. The Kier molecular flexibility index (Phi) is 1.53. The van der Waals surface area contributed by atoms with Gasteiger partial charge in [-0.1, -0.05) is 24.0 Å². The molecule has 0 bridgehead atoms. The standard InChI is InChI=1S/C6H8N2S/c1-3-5-4(2)9-6(7)8-5/h3H,2H2,1H3,(H2,7,8)/b5-3+. The van der Waals surface area contributed by atoms with Crippen LogP contribution in [-0.4, -0.2) is 4.98 Å². The van der Waals surface area contributed by atoms with Crippen molar-refractivity contribution in [1.29, 1.82) is 0 Å². The number of hydrogen-bond acceptors (Lipinski definition) is 3. The Morgan fingerprint density at radius 1 is 1.78 bits per heavy atom. The van der Waals surface area contributed by atoms with E-state index in [1.54, 1.807) is 0 Å². The van der Waals surface area contributed by atoms with Crippen LogP contribution in [0.25, 0.3) is 12.7 Å². The molecule has 0 radical (unpaired) electrons. The predicted octanol–water partition coefficient (Wildman–Crippen LogP) is -0.0640. The number of rotatable bonds is 0. The van der Waals surface area contributed by atoms with Crippen LogP contribution in [0.5, 0.6) is 0 Å². The van der Waals surface area contributed by atoms with E-state index in [2.05, 4.69) is 11.6 Å². The summed E-state index contributed by atoms with van der Waals surface area (Å²) in [4.78, 5) is 4.01. The highest BCUT2D eigenvalue weighted by Crippen LogP contribution is 1.92. The fraction of sp³-hybridized carbons (Fsp3) is 0.167. The quantitative estimate of drug-likeness (QED) is 0.548. The van der Waals surface area contributed by atoms with Gasteiger partial charge in [0, 0.05) is 4.53 Å². The van der Waals surface area contributed by atoms with Crippen molar-refractivity contribution in [2.45, 2.75) is 6.92 Å². The zero-order valence-electron chi connectivity index (χ0n) is 5.22. The average molecular weight is 140 g/mol. The minimum Gasteiger partial charge on any atom is -0.375 e. The van der Waals surface area contributed by atoms with Crippen molar-refractivity contribution < 1.29 is 0 Å². The molecule has 2 N–H and O–H groups in total. The van der Waals surface area contributed by atoms with Crippen LogP contribution < -0.4 is 15.6 Å². The van der Waals surface area contributed by atoms with Gasteiger partial charge in [0.25, 0.3) is 0 Å². The molecule has 0 aromatic carbocycles. The molecule has 0 fully saturated rings. The van der Waals surface area contributed by atoms with Crippen LogP contribution in [0.3, 0.4) is 0 Å². The van der Waals surface area contributed by atoms with Gasteiger partial charge >= 0.3 is 0 Å². The molecule has 0 atom stereocenters. The van der Waals surface area contributed by atoms with Crippen LogP contribution in [0.2, 0.25) is 0 Å². The van der Waals surface area contributed by atoms with Crippen molar-refractivity contribution in [1.82, 2.24) is 4.98 Å². The third-order valence-corrected chi connectivity index (χ3v) is 1.77. The molecule has 48 valence electrons. The van der Waals surface area contributed by atoms with Gasteiger partial charge in [-0.05, 0) is 6.92 Å². The lowest BCUT2D eigenvalue weighted by Crippen LogP contribution is -2.18. The molecule has 2 nitrogen and oxygen atoms in total. The first kappa shape index (κ1) is 6.29. The summed E-state index contributed by atoms with van der Waals surface area (Å²) >= 11 is 1.42. The molecule has 0 saturated carbocycles. The van der Waals surface area contributed by atoms with E-state index < -0.39 is 0 Å². The molecule has 3 heteroatoms. The van der Waals surface area contributed by atoms with Gasteiger partial charge in [-0.15, -0.1) is 0 Å². The normalized spacial score (nSPS) is 12.3. The number of hydrogen-bond donors (Lipinski definition) is 1. The van der Waals surface area contributed by atoms with E-state index in [0.717, 1.165) is 9.88 Å². The first-order valence-electron chi connectivity index (χ1n) is 2.61. The molecule has 0 spiro atoms. The summed E-state index contributed by atoms with van der Waals surface area (Å²) in [7, 11) is 0. The smallest absolute Gasteiger partial charge is 0.181 e. The van der Waals surface area contributed by atoms with Crippen LogP contribution in [0.4, 0.5) is 5.13 Å². The third-order valence-electron chi connectivity index (χ3n) is 1.02. The lowest BCUT2D eigenvalue weighted by Gasteiger charge is -1.69. The van der Waals surface area contributed by atoms with Crippen LogP contribution >= 0.6 is 11.3 Å². The number of thiazole rings is 1. The summed E-state index contributed by atoms with van der Waals surface area (Å²) in [5, 5.41) is 1.49. The summed E-state index contributed by atoms with van der Waals surface area (Å²) in [6.45, 7) is 5.68. The average Bonchev–Trinajstić information content (AvgIpc) is 2.10. The first-order valence-corrected chi connectivity index (χ1v) is 3.43. The molecule has 0 amide bonds. The monoisotopic (exact) mass is 140 g/mol. The minimum absolute atomic E-state index is 0.591. The van der Waals surface area contributed by atoms with E-state index in [1.807, 2.05) is 13.0 Å². The van der Waals surface area contributed by atoms with Crippen molar-refractivity contribution in [3.8, 4) is 0 Å². The second-order valence-corrected chi connectivity index (χ2v) is 2.76. The van der Waals surface area contributed by atoms with E-state index in [0.29, 0.717) is 5.13 Å². The number of nitrogens with two attached hydrogens (primary N) is 1. The highest BCUT2D eigenvalue weighted by atomic mass is 32.1. The minimum atomic E-state index is 0.591. The van der Waals surface area contributed by atoms with Crippen LogP contribution in [0.15, 0.2) is 0 Å². The topological polar surface area (TPSA) is 38.9 Å². The molecular formula is C6H8N2S. The lowest BCUT2D eigenvalue weighted by atomic mass is 10.5. The lowest BCUT2D eigenvalue weighted by molar-refractivity contribution is 1.32. The van der Waals surface area contributed by atoms with Crippen LogP contribution in [-0.2, 0) is 0 Å². The molecule has 0 aliphatic rings. The Hall–Kier alpha value is -0.830. The molecule has 1 aromatic rings. The molecule has 0 unspecified atom stereocenters. The van der Waals surface area contributed by atoms with E-state index in [4.69, 9.17) is 5.73 Å². The maximum atomic E-state index is 5.40. The third kappa shape index (κ3) is 1.10. The predicted molar refractivity (Wildman–Crippen MR) is 41.4 cm³/mol. The van der Waals surface area contributed by atoms with Gasteiger partial charge in [-0.2, -0.15) is 0 Å². The van der Waals surface area contributed by atoms with Crippen LogP contribution in [0.1, 0.15) is 6.92 Å². The van der Waals surface area contributed by atoms with Gasteiger partial charge in [0.2, 0.25) is 0 Å². The summed E-state index contributed by atoms with van der Waals surface area (Å²) in [6, 6.07) is 0. The highest BCUT2D eigenvalue weighted by Gasteiger charge is 1.88. The Bertz CT molecular complexity index is 299. The van der Waals surface area contributed by atoms with Gasteiger partial charge < -0.3 is 5.73 Å². The summed E-state index contributed by atoms with van der Waals surface area (Å²) in [5.41, 5.74) is 5.40. The molecule has 9 heavy (non-hydrogen) atoms. The van der Waals surface area contributed by atoms with Gasteiger partial charge in [0.15, 0.2) is 5.13 Å². The maximum absolute atomic E-state index is 5.40. The SMILES string of the molecule is C=c1sc(N)n/c1=C/C. The molecular weight excluding hydrogens is 132 g/mol. The summed E-state index contributed by atoms with van der Waals surface area (Å²) in [6.07, 6.45) is 1.90. The van der Waals surface area contributed by atoms with Gasteiger partial charge in [0.1, 0.15) is 0 Å². The van der Waals surface area contributed by atoms with Crippen molar-refractivity contribution in [3.05, 3.63) is 9.88 Å². The van der Waals surface area contributed by atoms with Crippen molar-refractivity contribution in [2.24, 2.45) is 0 Å². The van der Waals surface area contributed by atoms with Gasteiger partial charge in [0.05, 0.1) is 5.35 Å². The zero-order chi connectivity index (χ0) is 6.85. The maximum Gasteiger partial charge on any atom is 0.181 e. The number of aromatic nitrogens is 1. The van der Waals surface area contributed by atoms with Gasteiger partial charge in [-0.3, -0.25) is 0 Å². The fourth-order valence-corrected chi connectivity index (χ4v) is 1.27. The zero-order valence-corrected chi connectivity index (χ0v) is 6.03. The summed E-state index contributed by atoms with van der Waals surface area (Å²) in [5.74, 6) is 0. The second kappa shape index (κ2) is 2.19. The summed E-state index contributed by atoms with van der Waals surface area (Å²) < 4.78 is 0.940. The number of anilines is 1. The Labute approximate surface area is 57.3 Å². The molecule has 1 heterocycles. The molecule has 0 aliphatic heterocycles. The largest absolute Gasteiger partial charge is 0.375 e. The molecule has 0 saturated heterocycles. The van der Waals surface area contributed by atoms with Gasteiger partial charge in [-0.25, -0.2) is 4.98 Å².